The molecule has 2 aromatic carbocycles. The van der Waals surface area contributed by atoms with Crippen LogP contribution in [0, 0.1) is 5.92 Å². The quantitative estimate of drug-likeness (QED) is 0.603. The number of benzene rings is 2. The van der Waals surface area contributed by atoms with E-state index in [1.807, 2.05) is 36.4 Å². The third-order valence-corrected chi connectivity index (χ3v) is 5.88. The van der Waals surface area contributed by atoms with Crippen molar-refractivity contribution in [1.29, 1.82) is 0 Å². The van der Waals surface area contributed by atoms with Crippen LogP contribution in [0.5, 0.6) is 5.75 Å². The molecule has 3 N–H and O–H groups in total. The molecule has 0 unspecified atom stereocenters. The van der Waals surface area contributed by atoms with Gasteiger partial charge in [0.15, 0.2) is 0 Å². The van der Waals surface area contributed by atoms with Crippen molar-refractivity contribution in [3.8, 4) is 5.75 Å². The van der Waals surface area contributed by atoms with Crippen molar-refractivity contribution in [2.75, 3.05) is 40.3 Å². The van der Waals surface area contributed by atoms with Gasteiger partial charge in [-0.1, -0.05) is 42.5 Å². The Balaban J connectivity index is 1.57. The first kappa shape index (κ1) is 21.3. The second-order valence-electron chi connectivity index (χ2n) is 8.53. The van der Waals surface area contributed by atoms with Crippen LogP contribution in [0.4, 0.5) is 0 Å². The van der Waals surface area contributed by atoms with Crippen molar-refractivity contribution in [2.45, 2.75) is 25.9 Å². The number of hydrogen-bond acceptors (Lipinski definition) is 2. The summed E-state index contributed by atoms with van der Waals surface area (Å²) in [4.78, 5) is 18.2. The van der Waals surface area contributed by atoms with Gasteiger partial charge in [-0.15, -0.1) is 0 Å². The smallest absolute Gasteiger partial charge is 0.226 e. The van der Waals surface area contributed by atoms with Crippen LogP contribution in [0.3, 0.4) is 0 Å². The predicted molar refractivity (Wildman–Crippen MR) is 115 cm³/mol. The first-order chi connectivity index (χ1) is 14.0. The van der Waals surface area contributed by atoms with E-state index in [1.54, 1.807) is 6.07 Å². The second-order valence-corrected chi connectivity index (χ2v) is 8.53. The normalized spacial score (nSPS) is 19.3. The number of rotatable bonds is 8. The number of phenols is 1. The molecule has 5 heteroatoms. The molecular formula is C24H35N3O2+2. The molecule has 1 saturated heterocycles. The number of quaternary nitrogens is 2. The fourth-order valence-corrected chi connectivity index (χ4v) is 4.07. The maximum Gasteiger partial charge on any atom is 0.226 e. The van der Waals surface area contributed by atoms with Crippen LogP contribution in [-0.4, -0.2) is 56.2 Å². The van der Waals surface area contributed by atoms with Crippen molar-refractivity contribution >= 4 is 5.91 Å². The summed E-state index contributed by atoms with van der Waals surface area (Å²) >= 11 is 0. The fraction of sp³-hybridized carbons (Fsp3) is 0.458. The van der Waals surface area contributed by atoms with Gasteiger partial charge in [0.25, 0.3) is 0 Å². The molecule has 1 heterocycles. The van der Waals surface area contributed by atoms with Gasteiger partial charge in [0.05, 0.1) is 40.3 Å². The molecule has 3 rings (SSSR count). The number of piperidine rings is 1. The molecule has 0 saturated carbocycles. The van der Waals surface area contributed by atoms with Gasteiger partial charge >= 0.3 is 0 Å². The number of carbonyl (C=O) groups is 1. The van der Waals surface area contributed by atoms with Gasteiger partial charge in [-0.2, -0.15) is 0 Å². The Morgan fingerprint density at radius 1 is 1.07 bits per heavy atom. The summed E-state index contributed by atoms with van der Waals surface area (Å²) in [6.45, 7) is 5.21. The SMILES string of the molecule is C[NH+](C)CCN(Cc1ccccc1)C(=O)C1CC[NH+](Cc2ccccc2O)CC1. The Labute approximate surface area is 174 Å². The second kappa shape index (κ2) is 10.4. The van der Waals surface area contributed by atoms with Crippen molar-refractivity contribution in [2.24, 2.45) is 5.92 Å². The zero-order valence-corrected chi connectivity index (χ0v) is 17.7. The highest BCUT2D eigenvalue weighted by atomic mass is 16.3. The summed E-state index contributed by atoms with van der Waals surface area (Å²) in [7, 11) is 4.26. The zero-order valence-electron chi connectivity index (χ0n) is 17.7. The molecular weight excluding hydrogens is 362 g/mol. The van der Waals surface area contributed by atoms with Crippen molar-refractivity contribution < 1.29 is 19.7 Å². The van der Waals surface area contributed by atoms with E-state index < -0.39 is 0 Å². The van der Waals surface area contributed by atoms with Crippen molar-refractivity contribution in [3.05, 3.63) is 65.7 Å². The maximum absolute atomic E-state index is 13.3. The van der Waals surface area contributed by atoms with E-state index in [0.717, 1.165) is 51.1 Å². The summed E-state index contributed by atoms with van der Waals surface area (Å²) in [6, 6.07) is 17.9. The number of aromatic hydroxyl groups is 1. The molecule has 1 aliphatic heterocycles. The summed E-state index contributed by atoms with van der Waals surface area (Å²) in [5.41, 5.74) is 2.18. The highest BCUT2D eigenvalue weighted by Crippen LogP contribution is 2.18. The number of nitrogens with zero attached hydrogens (tertiary/aromatic N) is 1. The monoisotopic (exact) mass is 397 g/mol. The molecule has 0 bridgehead atoms. The third kappa shape index (κ3) is 6.31. The van der Waals surface area contributed by atoms with Crippen LogP contribution in [-0.2, 0) is 17.9 Å². The van der Waals surface area contributed by atoms with Crippen LogP contribution in [0.25, 0.3) is 0 Å². The molecule has 29 heavy (non-hydrogen) atoms. The topological polar surface area (TPSA) is 49.4 Å². The van der Waals surface area contributed by atoms with E-state index >= 15 is 0 Å². The average Bonchev–Trinajstić information content (AvgIpc) is 2.73. The van der Waals surface area contributed by atoms with Crippen molar-refractivity contribution in [3.63, 3.8) is 0 Å². The maximum atomic E-state index is 13.3. The first-order valence-electron chi connectivity index (χ1n) is 10.7. The van der Waals surface area contributed by atoms with Gasteiger partial charge in [0.2, 0.25) is 5.91 Å². The average molecular weight is 398 g/mol. The Bertz CT molecular complexity index is 771. The third-order valence-electron chi connectivity index (χ3n) is 5.88. The van der Waals surface area contributed by atoms with Crippen LogP contribution < -0.4 is 9.80 Å². The number of likely N-dealkylation sites (tertiary alicyclic amines) is 1. The Morgan fingerprint density at radius 3 is 2.38 bits per heavy atom. The van der Waals surface area contributed by atoms with Gasteiger partial charge in [0, 0.05) is 30.9 Å². The lowest BCUT2D eigenvalue weighted by Gasteiger charge is -2.32. The standard InChI is InChI=1S/C24H33N3O2/c1-25(2)16-17-27(18-20-8-4-3-5-9-20)24(29)21-12-14-26(15-13-21)19-22-10-6-7-11-23(22)28/h3-11,21,28H,12-19H2,1-2H3/p+2. The number of amides is 1. The van der Waals surface area contributed by atoms with Crippen molar-refractivity contribution in [1.82, 2.24) is 4.90 Å². The molecule has 2 aromatic rings. The first-order valence-corrected chi connectivity index (χ1v) is 10.7. The molecule has 1 amide bonds. The largest absolute Gasteiger partial charge is 0.507 e. The van der Waals surface area contributed by atoms with Gasteiger partial charge < -0.3 is 19.8 Å². The predicted octanol–water partition coefficient (Wildman–Crippen LogP) is 0.360. The lowest BCUT2D eigenvalue weighted by atomic mass is 9.94. The Hall–Kier alpha value is -2.37. The molecule has 0 aliphatic carbocycles. The zero-order chi connectivity index (χ0) is 20.6. The molecule has 5 nitrogen and oxygen atoms in total. The number of likely N-dealkylation sites (N-methyl/N-ethyl adjacent to an activating group) is 1. The van der Waals surface area contributed by atoms with Crippen LogP contribution in [0.1, 0.15) is 24.0 Å². The molecule has 1 aliphatic rings. The van der Waals surface area contributed by atoms with E-state index in [-0.39, 0.29) is 5.92 Å². The number of carbonyl (C=O) groups excluding carboxylic acids is 1. The van der Waals surface area contributed by atoms with E-state index in [0.29, 0.717) is 18.2 Å². The lowest BCUT2D eigenvalue weighted by Crippen LogP contribution is -3.11. The van der Waals surface area contributed by atoms with Gasteiger partial charge in [-0.05, 0) is 17.7 Å². The number of para-hydroxylation sites is 1. The lowest BCUT2D eigenvalue weighted by molar-refractivity contribution is -0.919. The fourth-order valence-electron chi connectivity index (χ4n) is 4.07. The van der Waals surface area contributed by atoms with Crippen LogP contribution in [0.2, 0.25) is 0 Å². The Kier molecular flexibility index (Phi) is 7.67. The van der Waals surface area contributed by atoms with E-state index in [1.165, 1.54) is 15.4 Å². The summed E-state index contributed by atoms with van der Waals surface area (Å²) in [6.07, 6.45) is 1.84. The minimum atomic E-state index is 0.115. The van der Waals surface area contributed by atoms with E-state index in [9.17, 15) is 9.90 Å². The van der Waals surface area contributed by atoms with Crippen LogP contribution in [0.15, 0.2) is 54.6 Å². The highest BCUT2D eigenvalue weighted by Gasteiger charge is 2.31. The van der Waals surface area contributed by atoms with E-state index in [2.05, 4.69) is 31.1 Å². The molecule has 0 aromatic heterocycles. The Morgan fingerprint density at radius 2 is 1.72 bits per heavy atom. The minimum Gasteiger partial charge on any atom is -0.507 e. The van der Waals surface area contributed by atoms with Gasteiger partial charge in [-0.25, -0.2) is 0 Å². The number of hydrogen-bond donors (Lipinski definition) is 3. The van der Waals surface area contributed by atoms with E-state index in [4.69, 9.17) is 0 Å². The number of phenolic OH excluding ortho intramolecular Hbond substituents is 1. The summed E-state index contributed by atoms with van der Waals surface area (Å²) in [5, 5.41) is 10.0. The molecule has 156 valence electrons. The molecule has 0 atom stereocenters. The molecule has 0 spiro atoms. The highest BCUT2D eigenvalue weighted by molar-refractivity contribution is 5.79. The summed E-state index contributed by atoms with van der Waals surface area (Å²) in [5.74, 6) is 0.791. The number of nitrogens with one attached hydrogen (secondary N) is 2. The molecule has 1 fully saturated rings. The van der Waals surface area contributed by atoms with Gasteiger partial charge in [0.1, 0.15) is 12.3 Å². The van der Waals surface area contributed by atoms with Crippen LogP contribution >= 0.6 is 0 Å². The van der Waals surface area contributed by atoms with Gasteiger partial charge in [-0.3, -0.25) is 4.79 Å². The minimum absolute atomic E-state index is 0.115. The molecule has 0 radical (unpaired) electrons. The summed E-state index contributed by atoms with van der Waals surface area (Å²) < 4.78 is 0.